The average molecular weight is 458 g/mol. The van der Waals surface area contributed by atoms with Gasteiger partial charge in [-0.1, -0.05) is 0 Å². The molecule has 0 N–H and O–H groups in total. The molecule has 3 saturated heterocycles. The van der Waals surface area contributed by atoms with Crippen molar-refractivity contribution in [2.24, 2.45) is 0 Å². The van der Waals surface area contributed by atoms with Crippen molar-refractivity contribution in [1.29, 1.82) is 0 Å². The molecule has 2 aromatic rings. The molecule has 9 heteroatoms. The molecule has 2 bridgehead atoms. The Morgan fingerprint density at radius 1 is 1.03 bits per heavy atom. The summed E-state index contributed by atoms with van der Waals surface area (Å²) in [6, 6.07) is 10.4. The molecule has 0 saturated carbocycles. The molecule has 1 aromatic heterocycles. The molecule has 32 heavy (non-hydrogen) atoms. The maximum atomic E-state index is 13.3. The van der Waals surface area contributed by atoms with Gasteiger partial charge in [0.05, 0.1) is 24.3 Å². The van der Waals surface area contributed by atoms with Crippen molar-refractivity contribution < 1.29 is 22.7 Å². The first-order valence-electron chi connectivity index (χ1n) is 11.1. The number of morpholine rings is 1. The minimum absolute atomic E-state index is 0.0346. The van der Waals surface area contributed by atoms with Crippen LogP contribution in [0.1, 0.15) is 36.0 Å². The maximum Gasteiger partial charge on any atom is 0.254 e. The fourth-order valence-corrected chi connectivity index (χ4v) is 6.43. The van der Waals surface area contributed by atoms with E-state index in [9.17, 15) is 13.2 Å². The molecule has 0 aliphatic carbocycles. The van der Waals surface area contributed by atoms with Gasteiger partial charge >= 0.3 is 0 Å². The average Bonchev–Trinajstić information content (AvgIpc) is 3.10. The highest BCUT2D eigenvalue weighted by molar-refractivity contribution is 7.89. The fourth-order valence-electron chi connectivity index (χ4n) is 5.02. The second-order valence-corrected chi connectivity index (χ2v) is 10.5. The van der Waals surface area contributed by atoms with Gasteiger partial charge in [-0.25, -0.2) is 8.42 Å². The Morgan fingerprint density at radius 3 is 2.34 bits per heavy atom. The first kappa shape index (κ1) is 21.4. The van der Waals surface area contributed by atoms with Crippen molar-refractivity contribution in [1.82, 2.24) is 14.2 Å². The summed E-state index contributed by atoms with van der Waals surface area (Å²) in [4.78, 5) is 19.6. The van der Waals surface area contributed by atoms with Gasteiger partial charge in [0.2, 0.25) is 10.0 Å². The van der Waals surface area contributed by atoms with Crippen LogP contribution in [0.2, 0.25) is 0 Å². The minimum Gasteiger partial charge on any atom is -0.489 e. The van der Waals surface area contributed by atoms with Crippen molar-refractivity contribution in [3.8, 4) is 5.75 Å². The van der Waals surface area contributed by atoms with E-state index in [4.69, 9.17) is 9.47 Å². The lowest BCUT2D eigenvalue weighted by atomic mass is 9.98. The third-order valence-corrected chi connectivity index (χ3v) is 8.48. The van der Waals surface area contributed by atoms with Crippen molar-refractivity contribution in [3.63, 3.8) is 0 Å². The summed E-state index contributed by atoms with van der Waals surface area (Å²) >= 11 is 0. The summed E-state index contributed by atoms with van der Waals surface area (Å²) < 4.78 is 38.4. The van der Waals surface area contributed by atoms with Crippen LogP contribution in [0, 0.1) is 0 Å². The SMILES string of the molecule is O=C(c1ccc(S(=O)(=O)N2CCOCC2)cc1)N1C2CCC1CC(Oc1cccnc1)C2. The quantitative estimate of drug-likeness (QED) is 0.685. The van der Waals surface area contributed by atoms with E-state index in [0.717, 1.165) is 31.4 Å². The lowest BCUT2D eigenvalue weighted by Crippen LogP contribution is -2.49. The van der Waals surface area contributed by atoms with E-state index < -0.39 is 10.0 Å². The van der Waals surface area contributed by atoms with E-state index in [-0.39, 0.29) is 29.0 Å². The summed E-state index contributed by atoms with van der Waals surface area (Å²) in [5.74, 6) is 0.724. The van der Waals surface area contributed by atoms with Crippen LogP contribution in [0.3, 0.4) is 0 Å². The number of nitrogens with zero attached hydrogens (tertiary/aromatic N) is 3. The second kappa shape index (κ2) is 8.80. The van der Waals surface area contributed by atoms with E-state index in [1.54, 1.807) is 24.5 Å². The third-order valence-electron chi connectivity index (χ3n) is 6.57. The zero-order chi connectivity index (χ0) is 22.1. The molecule has 3 aliphatic heterocycles. The first-order chi connectivity index (χ1) is 15.5. The second-order valence-electron chi connectivity index (χ2n) is 8.54. The van der Waals surface area contributed by atoms with Gasteiger partial charge in [-0.15, -0.1) is 0 Å². The lowest BCUT2D eigenvalue weighted by molar-refractivity contribution is 0.0358. The van der Waals surface area contributed by atoms with Crippen LogP contribution in [0.4, 0.5) is 0 Å². The van der Waals surface area contributed by atoms with E-state index >= 15 is 0 Å². The van der Waals surface area contributed by atoms with Crippen LogP contribution in [0.25, 0.3) is 0 Å². The number of piperidine rings is 1. The Balaban J connectivity index is 1.27. The number of sulfonamides is 1. The lowest BCUT2D eigenvalue weighted by Gasteiger charge is -2.39. The summed E-state index contributed by atoms with van der Waals surface area (Å²) in [7, 11) is -3.57. The Bertz CT molecular complexity index is 1040. The van der Waals surface area contributed by atoms with Gasteiger partial charge in [0.25, 0.3) is 5.91 Å². The number of pyridine rings is 1. The highest BCUT2D eigenvalue weighted by atomic mass is 32.2. The Morgan fingerprint density at radius 2 is 1.72 bits per heavy atom. The van der Waals surface area contributed by atoms with Gasteiger partial charge < -0.3 is 14.4 Å². The molecule has 3 fully saturated rings. The number of fused-ring (bicyclic) bond motifs is 2. The molecule has 170 valence electrons. The van der Waals surface area contributed by atoms with E-state index in [2.05, 4.69) is 4.98 Å². The number of hydrogen-bond donors (Lipinski definition) is 0. The Kier molecular flexibility index (Phi) is 5.88. The number of hydrogen-bond acceptors (Lipinski definition) is 6. The number of aromatic nitrogens is 1. The van der Waals surface area contributed by atoms with Gasteiger partial charge in [0.15, 0.2) is 0 Å². The number of ether oxygens (including phenoxy) is 2. The van der Waals surface area contributed by atoms with Crippen LogP contribution < -0.4 is 4.74 Å². The third kappa shape index (κ3) is 4.12. The van der Waals surface area contributed by atoms with Crippen LogP contribution in [-0.4, -0.2) is 73.0 Å². The molecule has 3 aliphatic rings. The Hall–Kier alpha value is -2.49. The van der Waals surface area contributed by atoms with Gasteiger partial charge in [0.1, 0.15) is 11.9 Å². The number of benzene rings is 1. The van der Waals surface area contributed by atoms with Crippen molar-refractivity contribution in [2.75, 3.05) is 26.3 Å². The predicted molar refractivity (Wildman–Crippen MR) is 117 cm³/mol. The molecule has 8 nitrogen and oxygen atoms in total. The zero-order valence-corrected chi connectivity index (χ0v) is 18.6. The largest absolute Gasteiger partial charge is 0.489 e. The standard InChI is InChI=1S/C23H27N3O5S/c27-23(17-3-7-22(8-4-17)32(28,29)25-10-12-30-13-11-25)26-18-5-6-19(26)15-21(14-18)31-20-2-1-9-24-16-20/h1-4,7-9,16,18-19,21H,5-6,10-15H2. The normalized spacial score (nSPS) is 26.1. The van der Waals surface area contributed by atoms with Crippen LogP contribution in [0.15, 0.2) is 53.7 Å². The topological polar surface area (TPSA) is 89.0 Å². The van der Waals surface area contributed by atoms with Crippen molar-refractivity contribution in [2.45, 2.75) is 48.8 Å². The number of carbonyl (C=O) groups excluding carboxylic acids is 1. The van der Waals surface area contributed by atoms with Gasteiger partial charge in [-0.3, -0.25) is 9.78 Å². The smallest absolute Gasteiger partial charge is 0.254 e. The van der Waals surface area contributed by atoms with E-state index in [0.29, 0.717) is 31.9 Å². The number of amides is 1. The molecule has 2 unspecified atom stereocenters. The Labute approximate surface area is 188 Å². The molecular formula is C23H27N3O5S. The summed E-state index contributed by atoms with van der Waals surface area (Å²) in [6.45, 7) is 1.50. The van der Waals surface area contributed by atoms with Crippen LogP contribution in [-0.2, 0) is 14.8 Å². The molecule has 2 atom stereocenters. The van der Waals surface area contributed by atoms with Crippen LogP contribution >= 0.6 is 0 Å². The van der Waals surface area contributed by atoms with Gasteiger partial charge in [-0.05, 0) is 49.2 Å². The minimum atomic E-state index is -3.57. The highest BCUT2D eigenvalue weighted by Crippen LogP contribution is 2.38. The molecule has 5 rings (SSSR count). The monoisotopic (exact) mass is 457 g/mol. The zero-order valence-electron chi connectivity index (χ0n) is 17.8. The summed E-state index contributed by atoms with van der Waals surface area (Å²) in [5.41, 5.74) is 0.523. The number of carbonyl (C=O) groups is 1. The molecule has 0 radical (unpaired) electrons. The van der Waals surface area contributed by atoms with Crippen molar-refractivity contribution >= 4 is 15.9 Å². The highest BCUT2D eigenvalue weighted by Gasteiger charge is 2.44. The van der Waals surface area contributed by atoms with Crippen molar-refractivity contribution in [3.05, 3.63) is 54.4 Å². The number of rotatable bonds is 5. The fraction of sp³-hybridized carbons (Fsp3) is 0.478. The summed E-state index contributed by atoms with van der Waals surface area (Å²) in [6.07, 6.45) is 7.02. The molecular weight excluding hydrogens is 430 g/mol. The van der Waals surface area contributed by atoms with E-state index in [1.165, 1.54) is 16.4 Å². The molecule has 1 amide bonds. The van der Waals surface area contributed by atoms with Crippen LogP contribution in [0.5, 0.6) is 5.75 Å². The maximum absolute atomic E-state index is 13.3. The molecule has 0 spiro atoms. The predicted octanol–water partition coefficient (Wildman–Crippen LogP) is 2.32. The molecule has 4 heterocycles. The van der Waals surface area contributed by atoms with E-state index in [1.807, 2.05) is 17.0 Å². The summed E-state index contributed by atoms with van der Waals surface area (Å²) in [5, 5.41) is 0. The first-order valence-corrected chi connectivity index (χ1v) is 12.5. The molecule has 1 aromatic carbocycles. The van der Waals surface area contributed by atoms with Gasteiger partial charge in [0, 0.05) is 49.8 Å². The van der Waals surface area contributed by atoms with Gasteiger partial charge in [-0.2, -0.15) is 4.31 Å².